The van der Waals surface area contributed by atoms with E-state index in [1.807, 2.05) is 0 Å². The summed E-state index contributed by atoms with van der Waals surface area (Å²) in [4.78, 5) is 2.54. The van der Waals surface area contributed by atoms with Crippen molar-refractivity contribution >= 4 is 0 Å². The fraction of sp³-hybridized carbons (Fsp3) is 0.933. The fourth-order valence-corrected chi connectivity index (χ4v) is 2.94. The van der Waals surface area contributed by atoms with Crippen molar-refractivity contribution in [2.45, 2.75) is 65.5 Å². The van der Waals surface area contributed by atoms with Crippen molar-refractivity contribution in [2.75, 3.05) is 19.6 Å². The summed E-state index contributed by atoms with van der Waals surface area (Å²) in [5.74, 6) is 0. The highest BCUT2D eigenvalue weighted by Gasteiger charge is 2.34. The summed E-state index contributed by atoms with van der Waals surface area (Å²) in [5.41, 5.74) is 0.549. The molecule has 1 aliphatic heterocycles. The first-order valence-electron chi connectivity index (χ1n) is 7.43. The second-order valence-electron chi connectivity index (χ2n) is 6.02. The Morgan fingerprint density at radius 3 is 2.44 bits per heavy atom. The van der Waals surface area contributed by atoms with Gasteiger partial charge in [0, 0.05) is 19.1 Å². The molecule has 1 N–H and O–H groups in total. The molecule has 0 aromatic rings. The van der Waals surface area contributed by atoms with E-state index in [0.29, 0.717) is 11.5 Å². The zero-order valence-corrected chi connectivity index (χ0v) is 12.5. The second kappa shape index (κ2) is 7.11. The molecule has 1 fully saturated rings. The Bertz CT molecular complexity index is 276. The van der Waals surface area contributed by atoms with Crippen LogP contribution in [0.5, 0.6) is 0 Å². The quantitative estimate of drug-likeness (QED) is 0.756. The van der Waals surface area contributed by atoms with E-state index in [-0.39, 0.29) is 6.04 Å². The van der Waals surface area contributed by atoms with Crippen molar-refractivity contribution in [3.8, 4) is 6.07 Å². The van der Waals surface area contributed by atoms with E-state index < -0.39 is 0 Å². The summed E-state index contributed by atoms with van der Waals surface area (Å²) < 4.78 is 0. The molecule has 1 rings (SSSR count). The first kappa shape index (κ1) is 15.5. The first-order valence-corrected chi connectivity index (χ1v) is 7.43. The molecule has 1 unspecified atom stereocenters. The van der Waals surface area contributed by atoms with Gasteiger partial charge in [-0.25, -0.2) is 0 Å². The van der Waals surface area contributed by atoms with Crippen LogP contribution in [0.4, 0.5) is 0 Å². The number of rotatable bonds is 7. The van der Waals surface area contributed by atoms with Crippen molar-refractivity contribution in [3.05, 3.63) is 0 Å². The SMILES string of the molecule is CCC1(CC)CCN(CCC(C#N)NC(C)C)C1. The second-order valence-corrected chi connectivity index (χ2v) is 6.02. The molecule has 0 saturated carbocycles. The Morgan fingerprint density at radius 2 is 2.00 bits per heavy atom. The minimum absolute atomic E-state index is 0.00301. The van der Waals surface area contributed by atoms with Gasteiger partial charge in [0.25, 0.3) is 0 Å². The van der Waals surface area contributed by atoms with Gasteiger partial charge < -0.3 is 4.90 Å². The van der Waals surface area contributed by atoms with Crippen LogP contribution in [0.25, 0.3) is 0 Å². The van der Waals surface area contributed by atoms with Crippen LogP contribution in [0.15, 0.2) is 0 Å². The van der Waals surface area contributed by atoms with Crippen LogP contribution in [0.1, 0.15) is 53.4 Å². The number of hydrogen-bond acceptors (Lipinski definition) is 3. The van der Waals surface area contributed by atoms with Crippen LogP contribution in [-0.2, 0) is 0 Å². The normalized spacial score (nSPS) is 21.1. The predicted octanol–water partition coefficient (Wildman–Crippen LogP) is 2.78. The van der Waals surface area contributed by atoms with E-state index in [1.54, 1.807) is 0 Å². The third kappa shape index (κ3) is 4.26. The lowest BCUT2D eigenvalue weighted by Gasteiger charge is -2.27. The van der Waals surface area contributed by atoms with E-state index >= 15 is 0 Å². The fourth-order valence-electron chi connectivity index (χ4n) is 2.94. The monoisotopic (exact) mass is 251 g/mol. The topological polar surface area (TPSA) is 39.1 Å². The maximum absolute atomic E-state index is 9.11. The van der Waals surface area contributed by atoms with Crippen LogP contribution in [-0.4, -0.2) is 36.6 Å². The number of nitrogens with one attached hydrogen (secondary N) is 1. The molecule has 0 aliphatic carbocycles. The molecule has 0 aromatic carbocycles. The van der Waals surface area contributed by atoms with Crippen LogP contribution in [0.3, 0.4) is 0 Å². The molecule has 1 saturated heterocycles. The summed E-state index contributed by atoms with van der Waals surface area (Å²) in [6.07, 6.45) is 4.84. The van der Waals surface area contributed by atoms with Crippen LogP contribution in [0, 0.1) is 16.7 Å². The molecule has 18 heavy (non-hydrogen) atoms. The maximum Gasteiger partial charge on any atom is 0.0967 e. The van der Waals surface area contributed by atoms with Gasteiger partial charge in [-0.05, 0) is 51.5 Å². The standard InChI is InChI=1S/C15H29N3/c1-5-15(6-2)8-10-18(12-15)9-7-14(11-16)17-13(3)4/h13-14,17H,5-10,12H2,1-4H3. The highest BCUT2D eigenvalue weighted by Crippen LogP contribution is 2.36. The maximum atomic E-state index is 9.11. The van der Waals surface area contributed by atoms with Gasteiger partial charge >= 0.3 is 0 Å². The average molecular weight is 251 g/mol. The van der Waals surface area contributed by atoms with Crippen LogP contribution >= 0.6 is 0 Å². The Balaban J connectivity index is 2.35. The number of nitrogens with zero attached hydrogens (tertiary/aromatic N) is 2. The molecule has 3 nitrogen and oxygen atoms in total. The van der Waals surface area contributed by atoms with Gasteiger partial charge in [0.1, 0.15) is 0 Å². The molecule has 3 heteroatoms. The van der Waals surface area contributed by atoms with E-state index in [4.69, 9.17) is 5.26 Å². The van der Waals surface area contributed by atoms with Gasteiger partial charge in [-0.2, -0.15) is 5.26 Å². The Hall–Kier alpha value is -0.590. The number of hydrogen-bond donors (Lipinski definition) is 1. The molecule has 0 aromatic heterocycles. The smallest absolute Gasteiger partial charge is 0.0967 e. The van der Waals surface area contributed by atoms with E-state index in [1.165, 1.54) is 32.4 Å². The molecular weight excluding hydrogens is 222 g/mol. The van der Waals surface area contributed by atoms with E-state index in [0.717, 1.165) is 13.0 Å². The zero-order chi connectivity index (χ0) is 13.6. The molecule has 104 valence electrons. The van der Waals surface area contributed by atoms with Gasteiger partial charge in [-0.1, -0.05) is 13.8 Å². The van der Waals surface area contributed by atoms with Crippen molar-refractivity contribution < 1.29 is 0 Å². The largest absolute Gasteiger partial charge is 0.303 e. The molecule has 0 spiro atoms. The molecule has 1 aliphatic rings. The third-order valence-corrected chi connectivity index (χ3v) is 4.44. The van der Waals surface area contributed by atoms with Crippen molar-refractivity contribution in [1.29, 1.82) is 5.26 Å². The van der Waals surface area contributed by atoms with Gasteiger partial charge in [-0.3, -0.25) is 5.32 Å². The summed E-state index contributed by atoms with van der Waals surface area (Å²) in [6.45, 7) is 12.3. The zero-order valence-electron chi connectivity index (χ0n) is 12.5. The van der Waals surface area contributed by atoms with Crippen molar-refractivity contribution in [3.63, 3.8) is 0 Å². The average Bonchev–Trinajstić information content (AvgIpc) is 2.78. The first-order chi connectivity index (χ1) is 8.55. The van der Waals surface area contributed by atoms with Gasteiger partial charge in [0.15, 0.2) is 0 Å². The molecule has 0 amide bonds. The Labute approximate surface area is 113 Å². The highest BCUT2D eigenvalue weighted by molar-refractivity contribution is 4.93. The third-order valence-electron chi connectivity index (χ3n) is 4.44. The summed E-state index contributed by atoms with van der Waals surface area (Å²) >= 11 is 0. The minimum atomic E-state index is 0.00301. The molecule has 0 bridgehead atoms. The van der Waals surface area contributed by atoms with E-state index in [2.05, 4.69) is 44.0 Å². The number of likely N-dealkylation sites (tertiary alicyclic amines) is 1. The predicted molar refractivity (Wildman–Crippen MR) is 76.4 cm³/mol. The summed E-state index contributed by atoms with van der Waals surface area (Å²) in [6, 6.07) is 2.76. The lowest BCUT2D eigenvalue weighted by Crippen LogP contribution is -2.37. The lowest BCUT2D eigenvalue weighted by atomic mass is 9.82. The van der Waals surface area contributed by atoms with Crippen molar-refractivity contribution in [1.82, 2.24) is 10.2 Å². The van der Waals surface area contributed by atoms with Crippen LogP contribution in [0.2, 0.25) is 0 Å². The molecular formula is C15H29N3. The van der Waals surface area contributed by atoms with Gasteiger partial charge in [-0.15, -0.1) is 0 Å². The van der Waals surface area contributed by atoms with Crippen molar-refractivity contribution in [2.24, 2.45) is 5.41 Å². The van der Waals surface area contributed by atoms with Crippen LogP contribution < -0.4 is 5.32 Å². The minimum Gasteiger partial charge on any atom is -0.303 e. The summed E-state index contributed by atoms with van der Waals surface area (Å²) in [7, 11) is 0. The Morgan fingerprint density at radius 1 is 1.33 bits per heavy atom. The molecule has 1 heterocycles. The Kier molecular flexibility index (Phi) is 6.11. The molecule has 1 atom stereocenters. The summed E-state index contributed by atoms with van der Waals surface area (Å²) in [5, 5.41) is 12.4. The number of nitriles is 1. The molecule has 0 radical (unpaired) electrons. The van der Waals surface area contributed by atoms with Gasteiger partial charge in [0.05, 0.1) is 12.1 Å². The lowest BCUT2D eigenvalue weighted by molar-refractivity contribution is 0.235. The highest BCUT2D eigenvalue weighted by atomic mass is 15.2. The van der Waals surface area contributed by atoms with Gasteiger partial charge in [0.2, 0.25) is 0 Å². The van der Waals surface area contributed by atoms with E-state index in [9.17, 15) is 0 Å².